The molecule has 1 aromatic rings. The maximum atomic E-state index is 13.5. The lowest BCUT2D eigenvalue weighted by Gasteiger charge is -2.14. The van der Waals surface area contributed by atoms with E-state index in [9.17, 15) is 4.39 Å². The standard InChI is InChI=1S/C16H26FN3O/c1-3-4-5-6-7-12(2)19-11-13-8-14(16(18)20-21)10-15(17)9-13/h8-10,12,19,21H,3-7,11H2,1-2H3,(H2,18,20). The Morgan fingerprint density at radius 1 is 1.33 bits per heavy atom. The summed E-state index contributed by atoms with van der Waals surface area (Å²) in [6, 6.07) is 4.84. The molecule has 1 unspecified atom stereocenters. The van der Waals surface area contributed by atoms with Gasteiger partial charge in [-0.25, -0.2) is 4.39 Å². The van der Waals surface area contributed by atoms with Crippen LogP contribution in [0.15, 0.2) is 23.4 Å². The fourth-order valence-corrected chi connectivity index (χ4v) is 2.23. The van der Waals surface area contributed by atoms with Crippen LogP contribution in [0, 0.1) is 5.82 Å². The van der Waals surface area contributed by atoms with Gasteiger partial charge in [-0.2, -0.15) is 0 Å². The largest absolute Gasteiger partial charge is 0.409 e. The Morgan fingerprint density at radius 2 is 2.10 bits per heavy atom. The van der Waals surface area contributed by atoms with Crippen LogP contribution in [0.4, 0.5) is 4.39 Å². The van der Waals surface area contributed by atoms with Crippen LogP contribution in [-0.2, 0) is 6.54 Å². The van der Waals surface area contributed by atoms with Crippen molar-refractivity contribution >= 4 is 5.84 Å². The smallest absolute Gasteiger partial charge is 0.170 e. The first-order valence-electron chi connectivity index (χ1n) is 7.57. The second kappa shape index (κ2) is 9.34. The SMILES string of the molecule is CCCCCCC(C)NCc1cc(F)cc(/C(N)=N/O)c1. The minimum atomic E-state index is -0.383. The van der Waals surface area contributed by atoms with Crippen molar-refractivity contribution in [3.63, 3.8) is 0 Å². The van der Waals surface area contributed by atoms with Gasteiger partial charge in [-0.1, -0.05) is 37.8 Å². The van der Waals surface area contributed by atoms with Crippen LogP contribution in [0.5, 0.6) is 0 Å². The first kappa shape index (κ1) is 17.4. The van der Waals surface area contributed by atoms with Gasteiger partial charge in [0.2, 0.25) is 0 Å². The average molecular weight is 295 g/mol. The lowest BCUT2D eigenvalue weighted by Crippen LogP contribution is -2.25. The number of oxime groups is 1. The predicted octanol–water partition coefficient (Wildman–Crippen LogP) is 3.37. The molecule has 0 aliphatic heterocycles. The minimum absolute atomic E-state index is 0.0802. The van der Waals surface area contributed by atoms with Crippen LogP contribution in [-0.4, -0.2) is 17.1 Å². The van der Waals surface area contributed by atoms with Crippen LogP contribution >= 0.6 is 0 Å². The van der Waals surface area contributed by atoms with Gasteiger partial charge in [-0.15, -0.1) is 0 Å². The summed E-state index contributed by atoms with van der Waals surface area (Å²) in [7, 11) is 0. The highest BCUT2D eigenvalue weighted by atomic mass is 19.1. The summed E-state index contributed by atoms with van der Waals surface area (Å²) in [4.78, 5) is 0. The van der Waals surface area contributed by atoms with E-state index in [4.69, 9.17) is 10.9 Å². The number of unbranched alkanes of at least 4 members (excludes halogenated alkanes) is 3. The molecule has 21 heavy (non-hydrogen) atoms. The van der Waals surface area contributed by atoms with E-state index in [0.29, 0.717) is 18.2 Å². The van der Waals surface area contributed by atoms with E-state index in [1.54, 1.807) is 6.07 Å². The molecule has 4 nitrogen and oxygen atoms in total. The Kier molecular flexibility index (Phi) is 7.75. The Hall–Kier alpha value is -1.62. The van der Waals surface area contributed by atoms with Gasteiger partial charge in [0.25, 0.3) is 0 Å². The Bertz CT molecular complexity index is 463. The van der Waals surface area contributed by atoms with Gasteiger partial charge in [0.15, 0.2) is 5.84 Å². The molecule has 0 aliphatic carbocycles. The molecule has 0 spiro atoms. The lowest BCUT2D eigenvalue weighted by atomic mass is 10.1. The summed E-state index contributed by atoms with van der Waals surface area (Å²) >= 11 is 0. The van der Waals surface area contributed by atoms with E-state index in [1.165, 1.54) is 37.8 Å². The number of halogens is 1. The van der Waals surface area contributed by atoms with Gasteiger partial charge in [0.1, 0.15) is 5.82 Å². The Morgan fingerprint density at radius 3 is 2.76 bits per heavy atom. The number of nitrogens with zero attached hydrogens (tertiary/aromatic N) is 1. The van der Waals surface area contributed by atoms with Crippen LogP contribution < -0.4 is 11.1 Å². The minimum Gasteiger partial charge on any atom is -0.409 e. The summed E-state index contributed by atoms with van der Waals surface area (Å²) in [5, 5.41) is 14.9. The molecule has 0 radical (unpaired) electrons. The molecule has 1 atom stereocenters. The van der Waals surface area contributed by atoms with Crippen molar-refractivity contribution in [2.75, 3.05) is 0 Å². The highest BCUT2D eigenvalue weighted by molar-refractivity contribution is 5.97. The molecule has 1 aromatic carbocycles. The second-order valence-electron chi connectivity index (χ2n) is 5.46. The summed E-state index contributed by atoms with van der Waals surface area (Å²) in [5.74, 6) is -0.463. The predicted molar refractivity (Wildman–Crippen MR) is 84.0 cm³/mol. The second-order valence-corrected chi connectivity index (χ2v) is 5.46. The van der Waals surface area contributed by atoms with E-state index in [0.717, 1.165) is 12.0 Å². The van der Waals surface area contributed by atoms with E-state index >= 15 is 0 Å². The van der Waals surface area contributed by atoms with Crippen LogP contribution in [0.25, 0.3) is 0 Å². The van der Waals surface area contributed by atoms with Crippen molar-refractivity contribution in [2.45, 2.75) is 58.5 Å². The topological polar surface area (TPSA) is 70.6 Å². The van der Waals surface area contributed by atoms with Crippen molar-refractivity contribution in [3.05, 3.63) is 35.1 Å². The van der Waals surface area contributed by atoms with Crippen molar-refractivity contribution in [1.82, 2.24) is 5.32 Å². The molecule has 0 bridgehead atoms. The number of rotatable bonds is 9. The molecule has 0 aromatic heterocycles. The highest BCUT2D eigenvalue weighted by Crippen LogP contribution is 2.11. The van der Waals surface area contributed by atoms with E-state index < -0.39 is 0 Å². The van der Waals surface area contributed by atoms with Crippen molar-refractivity contribution in [2.24, 2.45) is 10.9 Å². The van der Waals surface area contributed by atoms with Crippen molar-refractivity contribution in [1.29, 1.82) is 0 Å². The first-order valence-corrected chi connectivity index (χ1v) is 7.57. The van der Waals surface area contributed by atoms with Gasteiger partial charge in [0.05, 0.1) is 0 Å². The van der Waals surface area contributed by atoms with Crippen molar-refractivity contribution < 1.29 is 9.60 Å². The molecule has 1 rings (SSSR count). The third kappa shape index (κ3) is 6.58. The van der Waals surface area contributed by atoms with Gasteiger partial charge in [0, 0.05) is 18.2 Å². The molecular weight excluding hydrogens is 269 g/mol. The summed E-state index contributed by atoms with van der Waals surface area (Å²) in [6.07, 6.45) is 6.10. The normalized spacial score (nSPS) is 13.4. The Labute approximate surface area is 126 Å². The number of benzene rings is 1. The summed E-state index contributed by atoms with van der Waals surface area (Å²) in [6.45, 7) is 4.90. The molecule has 0 fully saturated rings. The quantitative estimate of drug-likeness (QED) is 0.215. The first-order chi connectivity index (χ1) is 10.1. The fraction of sp³-hybridized carbons (Fsp3) is 0.562. The van der Waals surface area contributed by atoms with Gasteiger partial charge in [-0.3, -0.25) is 0 Å². The van der Waals surface area contributed by atoms with E-state index in [1.807, 2.05) is 0 Å². The molecule has 0 heterocycles. The molecular formula is C16H26FN3O. The average Bonchev–Trinajstić information content (AvgIpc) is 2.48. The highest BCUT2D eigenvalue weighted by Gasteiger charge is 2.06. The zero-order chi connectivity index (χ0) is 15.7. The molecule has 4 N–H and O–H groups in total. The molecule has 118 valence electrons. The third-order valence-electron chi connectivity index (χ3n) is 3.51. The monoisotopic (exact) mass is 295 g/mol. The summed E-state index contributed by atoms with van der Waals surface area (Å²) < 4.78 is 13.5. The zero-order valence-electron chi connectivity index (χ0n) is 12.9. The third-order valence-corrected chi connectivity index (χ3v) is 3.51. The zero-order valence-corrected chi connectivity index (χ0v) is 12.9. The van der Waals surface area contributed by atoms with Gasteiger partial charge >= 0.3 is 0 Å². The van der Waals surface area contributed by atoms with Gasteiger partial charge in [-0.05, 0) is 37.1 Å². The number of nitrogens with two attached hydrogens (primary N) is 1. The molecule has 0 amide bonds. The molecule has 5 heteroatoms. The number of hydrogen-bond donors (Lipinski definition) is 3. The van der Waals surface area contributed by atoms with Crippen molar-refractivity contribution in [3.8, 4) is 0 Å². The molecule has 0 saturated carbocycles. The maximum absolute atomic E-state index is 13.5. The van der Waals surface area contributed by atoms with E-state index in [-0.39, 0.29) is 11.7 Å². The molecule has 0 aliphatic rings. The van der Waals surface area contributed by atoms with Crippen LogP contribution in [0.3, 0.4) is 0 Å². The molecule has 0 saturated heterocycles. The number of amidine groups is 1. The van der Waals surface area contributed by atoms with Crippen LogP contribution in [0.2, 0.25) is 0 Å². The van der Waals surface area contributed by atoms with Gasteiger partial charge < -0.3 is 16.3 Å². The van der Waals surface area contributed by atoms with Crippen LogP contribution in [0.1, 0.15) is 57.1 Å². The lowest BCUT2D eigenvalue weighted by molar-refractivity contribution is 0.318. The Balaban J connectivity index is 2.49. The maximum Gasteiger partial charge on any atom is 0.170 e. The fourth-order valence-electron chi connectivity index (χ4n) is 2.23. The van der Waals surface area contributed by atoms with E-state index in [2.05, 4.69) is 24.3 Å². The number of hydrogen-bond acceptors (Lipinski definition) is 3. The number of nitrogens with one attached hydrogen (secondary N) is 1. The summed E-state index contributed by atoms with van der Waals surface area (Å²) in [5.41, 5.74) is 6.68.